The fourth-order valence-corrected chi connectivity index (χ4v) is 2.43. The highest BCUT2D eigenvalue weighted by Crippen LogP contribution is 2.24. The first kappa shape index (κ1) is 18.8. The standard InChI is InChI=1S/C19H16N4O5/c1-12(28-17-6-2-4-13-5-3-9-20-18(13)17)19(25)22-21-11-14-10-15(23(26)27)7-8-16(14)24/h2-12,24H,1H3,(H,22,25)/b21-11-/t12-/m0/s1. The van der Waals surface area contributed by atoms with Crippen molar-refractivity contribution in [3.63, 3.8) is 0 Å². The van der Waals surface area contributed by atoms with Crippen LogP contribution in [0.1, 0.15) is 12.5 Å². The maximum Gasteiger partial charge on any atom is 0.280 e. The van der Waals surface area contributed by atoms with Crippen molar-refractivity contribution >= 4 is 28.7 Å². The average Bonchev–Trinajstić information content (AvgIpc) is 2.69. The topological polar surface area (TPSA) is 127 Å². The van der Waals surface area contributed by atoms with Crippen LogP contribution in [0.15, 0.2) is 59.8 Å². The molecule has 0 spiro atoms. The molecular weight excluding hydrogens is 364 g/mol. The summed E-state index contributed by atoms with van der Waals surface area (Å²) < 4.78 is 5.68. The smallest absolute Gasteiger partial charge is 0.280 e. The van der Waals surface area contributed by atoms with Gasteiger partial charge in [-0.25, -0.2) is 5.43 Å². The number of pyridine rings is 1. The van der Waals surface area contributed by atoms with Crippen LogP contribution in [-0.4, -0.2) is 33.2 Å². The summed E-state index contributed by atoms with van der Waals surface area (Å²) in [5.41, 5.74) is 2.81. The van der Waals surface area contributed by atoms with E-state index < -0.39 is 16.9 Å². The number of aromatic nitrogens is 1. The minimum Gasteiger partial charge on any atom is -0.507 e. The Morgan fingerprint density at radius 2 is 2.11 bits per heavy atom. The van der Waals surface area contributed by atoms with Crippen LogP contribution in [0.25, 0.3) is 10.9 Å². The summed E-state index contributed by atoms with van der Waals surface area (Å²) >= 11 is 0. The summed E-state index contributed by atoms with van der Waals surface area (Å²) in [6.45, 7) is 1.55. The van der Waals surface area contributed by atoms with Crippen LogP contribution < -0.4 is 10.2 Å². The van der Waals surface area contributed by atoms with E-state index in [0.717, 1.165) is 17.7 Å². The Morgan fingerprint density at radius 3 is 2.89 bits per heavy atom. The average molecular weight is 380 g/mol. The van der Waals surface area contributed by atoms with Crippen LogP contribution >= 0.6 is 0 Å². The summed E-state index contributed by atoms with van der Waals surface area (Å²) in [4.78, 5) is 26.6. The third kappa shape index (κ3) is 4.21. The Balaban J connectivity index is 1.67. The predicted molar refractivity (Wildman–Crippen MR) is 102 cm³/mol. The molecule has 2 N–H and O–H groups in total. The van der Waals surface area contributed by atoms with Crippen molar-refractivity contribution in [3.8, 4) is 11.5 Å². The molecule has 0 unspecified atom stereocenters. The number of para-hydroxylation sites is 1. The highest BCUT2D eigenvalue weighted by Gasteiger charge is 2.16. The molecule has 3 aromatic rings. The van der Waals surface area contributed by atoms with E-state index in [4.69, 9.17) is 4.74 Å². The molecular formula is C19H16N4O5. The minimum atomic E-state index is -0.872. The number of nitrogens with zero attached hydrogens (tertiary/aromatic N) is 3. The van der Waals surface area contributed by atoms with Gasteiger partial charge in [-0.1, -0.05) is 18.2 Å². The number of carbonyl (C=O) groups excluding carboxylic acids is 1. The number of amides is 1. The quantitative estimate of drug-likeness (QED) is 0.385. The summed E-state index contributed by atoms with van der Waals surface area (Å²) in [6, 6.07) is 12.6. The Bertz CT molecular complexity index is 1060. The van der Waals surface area contributed by atoms with Gasteiger partial charge in [-0.15, -0.1) is 0 Å². The minimum absolute atomic E-state index is 0.0984. The molecule has 0 fully saturated rings. The molecule has 9 nitrogen and oxygen atoms in total. The molecule has 3 rings (SSSR count). The lowest BCUT2D eigenvalue weighted by molar-refractivity contribution is -0.384. The van der Waals surface area contributed by atoms with Crippen molar-refractivity contribution in [2.24, 2.45) is 5.10 Å². The lowest BCUT2D eigenvalue weighted by Gasteiger charge is -2.14. The molecule has 0 aliphatic carbocycles. The second kappa shape index (κ2) is 8.12. The van der Waals surface area contributed by atoms with Crippen molar-refractivity contribution in [3.05, 3.63) is 70.4 Å². The van der Waals surface area contributed by atoms with Crippen LogP contribution in [0, 0.1) is 10.1 Å². The number of carbonyl (C=O) groups is 1. The molecule has 142 valence electrons. The van der Waals surface area contributed by atoms with Gasteiger partial charge in [0.25, 0.3) is 11.6 Å². The number of hydrazone groups is 1. The normalized spacial score (nSPS) is 12.0. The Labute approximate surface area is 159 Å². The first-order valence-electron chi connectivity index (χ1n) is 8.26. The van der Waals surface area contributed by atoms with Gasteiger partial charge in [0.2, 0.25) is 0 Å². The van der Waals surface area contributed by atoms with Crippen LogP contribution in [0.3, 0.4) is 0 Å². The number of hydrogen-bond donors (Lipinski definition) is 2. The fourth-order valence-electron chi connectivity index (χ4n) is 2.43. The molecule has 0 aliphatic rings. The van der Waals surface area contributed by atoms with E-state index >= 15 is 0 Å². The molecule has 0 saturated heterocycles. The number of ether oxygens (including phenoxy) is 1. The molecule has 1 amide bonds. The first-order chi connectivity index (χ1) is 13.5. The first-order valence-corrected chi connectivity index (χ1v) is 8.26. The number of non-ortho nitro benzene ring substituents is 1. The number of phenols is 1. The molecule has 2 aromatic carbocycles. The predicted octanol–water partition coefficient (Wildman–Crippen LogP) is 2.77. The van der Waals surface area contributed by atoms with Gasteiger partial charge in [-0.2, -0.15) is 5.10 Å². The Hall–Kier alpha value is -4.01. The summed E-state index contributed by atoms with van der Waals surface area (Å²) in [5.74, 6) is -0.273. The second-order valence-corrected chi connectivity index (χ2v) is 5.83. The molecule has 0 saturated carbocycles. The zero-order chi connectivity index (χ0) is 20.1. The summed E-state index contributed by atoms with van der Waals surface area (Å²) in [5, 5.41) is 25.1. The SMILES string of the molecule is C[C@H](Oc1cccc2cccnc12)C(=O)N/N=C\c1cc([N+](=O)[O-])ccc1O. The zero-order valence-electron chi connectivity index (χ0n) is 14.8. The van der Waals surface area contributed by atoms with Crippen molar-refractivity contribution in [1.29, 1.82) is 0 Å². The largest absolute Gasteiger partial charge is 0.507 e. The fraction of sp³-hybridized carbons (Fsp3) is 0.105. The number of benzene rings is 2. The molecule has 0 radical (unpaired) electrons. The van der Waals surface area contributed by atoms with Crippen molar-refractivity contribution in [1.82, 2.24) is 10.4 Å². The molecule has 1 aromatic heterocycles. The lowest BCUT2D eigenvalue weighted by atomic mass is 10.2. The number of aromatic hydroxyl groups is 1. The highest BCUT2D eigenvalue weighted by molar-refractivity contribution is 5.88. The molecule has 9 heteroatoms. The van der Waals surface area contributed by atoms with E-state index in [1.165, 1.54) is 12.1 Å². The van der Waals surface area contributed by atoms with Crippen LogP contribution in [0.2, 0.25) is 0 Å². The van der Waals surface area contributed by atoms with E-state index in [1.807, 2.05) is 12.1 Å². The van der Waals surface area contributed by atoms with Crippen molar-refractivity contribution in [2.75, 3.05) is 0 Å². The number of hydrogen-bond acceptors (Lipinski definition) is 7. The third-order valence-corrected chi connectivity index (χ3v) is 3.87. The lowest BCUT2D eigenvalue weighted by Crippen LogP contribution is -2.33. The van der Waals surface area contributed by atoms with Gasteiger partial charge >= 0.3 is 0 Å². The summed E-state index contributed by atoms with van der Waals surface area (Å²) in [6.07, 6.45) is 1.88. The molecule has 1 heterocycles. The van der Waals surface area contributed by atoms with E-state index in [-0.39, 0.29) is 17.0 Å². The van der Waals surface area contributed by atoms with Crippen LogP contribution in [0.4, 0.5) is 5.69 Å². The Kier molecular flexibility index (Phi) is 5.45. The second-order valence-electron chi connectivity index (χ2n) is 5.83. The highest BCUT2D eigenvalue weighted by atomic mass is 16.6. The Morgan fingerprint density at radius 1 is 1.32 bits per heavy atom. The van der Waals surface area contributed by atoms with Gasteiger partial charge in [0.15, 0.2) is 6.10 Å². The zero-order valence-corrected chi connectivity index (χ0v) is 14.8. The van der Waals surface area contributed by atoms with Gasteiger partial charge in [-0.05, 0) is 25.1 Å². The summed E-state index contributed by atoms with van der Waals surface area (Å²) in [7, 11) is 0. The number of nitrogens with one attached hydrogen (secondary N) is 1. The van der Waals surface area contributed by atoms with Gasteiger partial charge in [0.1, 0.15) is 17.0 Å². The van der Waals surface area contributed by atoms with Gasteiger partial charge in [0, 0.05) is 29.3 Å². The monoisotopic (exact) mass is 380 g/mol. The molecule has 28 heavy (non-hydrogen) atoms. The number of nitro benzene ring substituents is 1. The van der Waals surface area contributed by atoms with E-state index in [2.05, 4.69) is 15.5 Å². The van der Waals surface area contributed by atoms with Crippen molar-refractivity contribution in [2.45, 2.75) is 13.0 Å². The van der Waals surface area contributed by atoms with Gasteiger partial charge < -0.3 is 9.84 Å². The van der Waals surface area contributed by atoms with Gasteiger partial charge in [-0.3, -0.25) is 19.9 Å². The number of fused-ring (bicyclic) bond motifs is 1. The van der Waals surface area contributed by atoms with E-state index in [1.54, 1.807) is 31.3 Å². The molecule has 0 bridgehead atoms. The maximum absolute atomic E-state index is 12.2. The number of nitro groups is 1. The maximum atomic E-state index is 12.2. The van der Waals surface area contributed by atoms with E-state index in [0.29, 0.717) is 11.3 Å². The number of phenolic OH excluding ortho intramolecular Hbond substituents is 1. The third-order valence-electron chi connectivity index (χ3n) is 3.87. The molecule has 1 atom stereocenters. The molecule has 0 aliphatic heterocycles. The van der Waals surface area contributed by atoms with E-state index in [9.17, 15) is 20.0 Å². The van der Waals surface area contributed by atoms with Crippen LogP contribution in [-0.2, 0) is 4.79 Å². The number of rotatable bonds is 6. The van der Waals surface area contributed by atoms with Gasteiger partial charge in [0.05, 0.1) is 11.1 Å². The van der Waals surface area contributed by atoms with Crippen molar-refractivity contribution < 1.29 is 19.6 Å². The van der Waals surface area contributed by atoms with Crippen LogP contribution in [0.5, 0.6) is 11.5 Å².